The van der Waals surface area contributed by atoms with E-state index in [1.807, 2.05) is 0 Å². The summed E-state index contributed by atoms with van der Waals surface area (Å²) in [6.45, 7) is 0. The van der Waals surface area contributed by atoms with Crippen LogP contribution in [0.15, 0.2) is 10.3 Å². The van der Waals surface area contributed by atoms with Crippen LogP contribution in [0.5, 0.6) is 0 Å². The second-order valence-electron chi connectivity index (χ2n) is 1.38. The Balaban J connectivity index is 3.23. The van der Waals surface area contributed by atoms with E-state index in [1.165, 1.54) is 0 Å². The number of hydrogen-bond donors (Lipinski definition) is 1. The van der Waals surface area contributed by atoms with Crippen LogP contribution in [-0.4, -0.2) is 24.4 Å². The first-order chi connectivity index (χ1) is 4.63. The monoisotopic (exact) mass is 162 g/mol. The molecule has 2 N–H and O–H groups in total. The number of hydrazine groups is 1. The van der Waals surface area contributed by atoms with Crippen LogP contribution >= 0.6 is 0 Å². The lowest BCUT2D eigenvalue weighted by Crippen LogP contribution is -2.32. The predicted octanol–water partition coefficient (Wildman–Crippen LogP) is -1.92. The SMILES string of the molecule is NN1N=NC(=S(=O)=O)C1=O. The lowest BCUT2D eigenvalue weighted by Gasteiger charge is -1.94. The van der Waals surface area contributed by atoms with E-state index >= 15 is 0 Å². The second-order valence-corrected chi connectivity index (χ2v) is 2.24. The molecule has 10 heavy (non-hydrogen) atoms. The number of nitrogens with two attached hydrogens (primary N) is 1. The van der Waals surface area contributed by atoms with E-state index in [4.69, 9.17) is 5.84 Å². The molecule has 0 atom stereocenters. The average molecular weight is 162 g/mol. The average Bonchev–Trinajstić information content (AvgIpc) is 2.14. The molecule has 0 fully saturated rings. The number of carbonyl (C=O) groups excluding carboxylic acids is 1. The molecule has 0 aromatic rings. The van der Waals surface area contributed by atoms with E-state index in [-0.39, 0.29) is 0 Å². The molecule has 0 radical (unpaired) electrons. The maximum atomic E-state index is 10.5. The van der Waals surface area contributed by atoms with E-state index in [0.29, 0.717) is 5.12 Å². The third-order valence-corrected chi connectivity index (χ3v) is 1.35. The van der Waals surface area contributed by atoms with Crippen LogP contribution in [0, 0.1) is 0 Å². The van der Waals surface area contributed by atoms with Gasteiger partial charge in [-0.05, 0) is 5.22 Å². The first-order valence-corrected chi connectivity index (χ1v) is 3.17. The van der Waals surface area contributed by atoms with Crippen LogP contribution in [0.2, 0.25) is 0 Å². The quantitative estimate of drug-likeness (QED) is 0.254. The zero-order valence-electron chi connectivity index (χ0n) is 4.55. The van der Waals surface area contributed by atoms with Crippen molar-refractivity contribution in [2.45, 2.75) is 0 Å². The van der Waals surface area contributed by atoms with Gasteiger partial charge in [0.15, 0.2) is 0 Å². The fourth-order valence-electron chi connectivity index (χ4n) is 0.375. The van der Waals surface area contributed by atoms with E-state index in [9.17, 15) is 13.2 Å². The second kappa shape index (κ2) is 2.15. The van der Waals surface area contributed by atoms with Crippen LogP contribution < -0.4 is 5.84 Å². The summed E-state index contributed by atoms with van der Waals surface area (Å²) in [6.07, 6.45) is 0. The number of nitrogens with zero attached hydrogens (tertiary/aromatic N) is 3. The summed E-state index contributed by atoms with van der Waals surface area (Å²) in [5.41, 5.74) is 0. The number of rotatable bonds is 0. The maximum absolute atomic E-state index is 10.5. The van der Waals surface area contributed by atoms with Gasteiger partial charge in [0.05, 0.1) is 0 Å². The highest BCUT2D eigenvalue weighted by Gasteiger charge is 2.24. The first-order valence-electron chi connectivity index (χ1n) is 2.10. The van der Waals surface area contributed by atoms with Crippen molar-refractivity contribution >= 4 is 21.2 Å². The fourth-order valence-corrected chi connectivity index (χ4v) is 0.714. The lowest BCUT2D eigenvalue weighted by molar-refractivity contribution is -0.123. The molecule has 0 aliphatic carbocycles. The number of carbonyl (C=O) groups is 1. The smallest absolute Gasteiger partial charge is 0.262 e. The largest absolute Gasteiger partial charge is 0.326 e. The van der Waals surface area contributed by atoms with Gasteiger partial charge >= 0.3 is 5.91 Å². The lowest BCUT2D eigenvalue weighted by atomic mass is 10.6. The van der Waals surface area contributed by atoms with Gasteiger partial charge in [-0.15, -0.1) is 10.2 Å². The summed E-state index contributed by atoms with van der Waals surface area (Å²) < 4.78 is 20.1. The molecule has 1 rings (SSSR count). The van der Waals surface area contributed by atoms with Crippen molar-refractivity contribution in [3.63, 3.8) is 0 Å². The minimum absolute atomic E-state index is 0.352. The molecule has 1 aliphatic rings. The molecule has 54 valence electrons. The number of amides is 1. The molecule has 0 aromatic heterocycles. The summed E-state index contributed by atoms with van der Waals surface area (Å²) in [6, 6.07) is 0. The van der Waals surface area contributed by atoms with Crippen LogP contribution in [-0.2, 0) is 15.1 Å². The maximum Gasteiger partial charge on any atom is 0.326 e. The van der Waals surface area contributed by atoms with Crippen LogP contribution in [0.4, 0.5) is 0 Å². The predicted molar refractivity (Wildman–Crippen MR) is 29.8 cm³/mol. The Morgan fingerprint density at radius 2 is 2.10 bits per heavy atom. The molecule has 1 amide bonds. The first kappa shape index (κ1) is 6.83. The zero-order valence-corrected chi connectivity index (χ0v) is 5.37. The van der Waals surface area contributed by atoms with Crippen LogP contribution in [0.3, 0.4) is 0 Å². The Hall–Kier alpha value is -1.28. The van der Waals surface area contributed by atoms with Crippen molar-refractivity contribution in [3.05, 3.63) is 0 Å². The van der Waals surface area contributed by atoms with Gasteiger partial charge in [-0.1, -0.05) is 0 Å². The highest BCUT2D eigenvalue weighted by Crippen LogP contribution is 1.97. The van der Waals surface area contributed by atoms with E-state index in [1.54, 1.807) is 0 Å². The van der Waals surface area contributed by atoms with Gasteiger partial charge in [-0.25, -0.2) is 5.84 Å². The molecule has 1 heterocycles. The molecule has 0 saturated carbocycles. The molecular weight excluding hydrogens is 160 g/mol. The van der Waals surface area contributed by atoms with Gasteiger partial charge in [0.1, 0.15) is 0 Å². The van der Waals surface area contributed by atoms with Crippen molar-refractivity contribution in [3.8, 4) is 0 Å². The topological polar surface area (TPSA) is 105 Å². The molecule has 0 spiro atoms. The molecule has 7 nitrogen and oxygen atoms in total. The minimum atomic E-state index is -2.66. The zero-order chi connectivity index (χ0) is 7.72. The van der Waals surface area contributed by atoms with Crippen LogP contribution in [0.1, 0.15) is 0 Å². The van der Waals surface area contributed by atoms with Crippen molar-refractivity contribution in [2.75, 3.05) is 0 Å². The Bertz CT molecular complexity index is 318. The summed E-state index contributed by atoms with van der Waals surface area (Å²) in [7, 11) is -2.66. The van der Waals surface area contributed by atoms with Gasteiger partial charge in [-0.3, -0.25) is 4.79 Å². The van der Waals surface area contributed by atoms with Crippen molar-refractivity contribution in [1.82, 2.24) is 5.12 Å². The van der Waals surface area contributed by atoms with Gasteiger partial charge in [0.25, 0.3) is 4.99 Å². The molecule has 0 saturated heterocycles. The van der Waals surface area contributed by atoms with Crippen molar-refractivity contribution in [1.29, 1.82) is 0 Å². The Labute approximate surface area is 56.6 Å². The van der Waals surface area contributed by atoms with Crippen molar-refractivity contribution in [2.24, 2.45) is 16.2 Å². The van der Waals surface area contributed by atoms with E-state index < -0.39 is 21.2 Å². The summed E-state index contributed by atoms with van der Waals surface area (Å²) in [4.78, 5) is 9.87. The number of hydrogen-bond acceptors (Lipinski definition) is 5. The third kappa shape index (κ3) is 0.890. The molecule has 0 aromatic carbocycles. The normalized spacial score (nSPS) is 16.7. The van der Waals surface area contributed by atoms with Gasteiger partial charge in [0.2, 0.25) is 10.3 Å². The molecule has 0 bridgehead atoms. The molecular formula is C2H2N4O3S. The molecule has 1 aliphatic heterocycles. The summed E-state index contributed by atoms with van der Waals surface area (Å²) >= 11 is 0. The third-order valence-electron chi connectivity index (χ3n) is 0.781. The summed E-state index contributed by atoms with van der Waals surface area (Å²) in [5.74, 6) is 3.91. The Kier molecular flexibility index (Phi) is 1.47. The fraction of sp³-hybridized carbons (Fsp3) is 0. The van der Waals surface area contributed by atoms with Crippen LogP contribution in [0.25, 0.3) is 0 Å². The Morgan fingerprint density at radius 3 is 2.30 bits per heavy atom. The standard InChI is InChI=1S/C2H2N4O3S/c3-6-2(7)1(4-5-6)10(8)9/h3H2. The molecule has 0 unspecified atom stereocenters. The van der Waals surface area contributed by atoms with Gasteiger partial charge < -0.3 is 0 Å². The highest BCUT2D eigenvalue weighted by molar-refractivity contribution is 7.74. The van der Waals surface area contributed by atoms with E-state index in [0.717, 1.165) is 0 Å². The highest BCUT2D eigenvalue weighted by atomic mass is 32.2. The van der Waals surface area contributed by atoms with Gasteiger partial charge in [-0.2, -0.15) is 8.42 Å². The Morgan fingerprint density at radius 1 is 1.50 bits per heavy atom. The van der Waals surface area contributed by atoms with E-state index in [2.05, 4.69) is 10.3 Å². The van der Waals surface area contributed by atoms with Crippen molar-refractivity contribution < 1.29 is 13.2 Å². The molecule has 8 heteroatoms. The summed E-state index contributed by atoms with van der Waals surface area (Å²) in [5, 5.41) is 6.31. The van der Waals surface area contributed by atoms with Gasteiger partial charge in [0, 0.05) is 0 Å². The minimum Gasteiger partial charge on any atom is -0.262 e.